The lowest BCUT2D eigenvalue weighted by molar-refractivity contribution is 0.0575. The van der Waals surface area contributed by atoms with Crippen molar-refractivity contribution in [3.8, 4) is 0 Å². The summed E-state index contributed by atoms with van der Waals surface area (Å²) in [5, 5.41) is 3.57. The average Bonchev–Trinajstić information content (AvgIpc) is 2.69. The number of amides is 1. The van der Waals surface area contributed by atoms with Crippen molar-refractivity contribution in [1.29, 1.82) is 0 Å². The third-order valence-corrected chi connectivity index (χ3v) is 4.32. The SMILES string of the molecule is Cc1ccc(N(C(=O)OC(C)(C)C)N(Cc2ccccc2)c2ccccc2)cc1. The van der Waals surface area contributed by atoms with E-state index in [4.69, 9.17) is 4.74 Å². The smallest absolute Gasteiger partial charge is 0.434 e. The Balaban J connectivity index is 2.08. The van der Waals surface area contributed by atoms with Crippen LogP contribution >= 0.6 is 0 Å². The number of carbonyl (C=O) groups excluding carboxylic acids is 1. The summed E-state index contributed by atoms with van der Waals surface area (Å²) in [6.07, 6.45) is -0.416. The fraction of sp³-hybridized carbons (Fsp3) is 0.240. The van der Waals surface area contributed by atoms with E-state index in [0.717, 1.165) is 22.5 Å². The first-order valence-electron chi connectivity index (χ1n) is 9.80. The molecule has 0 fully saturated rings. The van der Waals surface area contributed by atoms with Crippen LogP contribution in [0.25, 0.3) is 0 Å². The van der Waals surface area contributed by atoms with Gasteiger partial charge in [-0.3, -0.25) is 5.01 Å². The molecule has 0 heterocycles. The minimum Gasteiger partial charge on any atom is -0.442 e. The number of carbonyl (C=O) groups is 1. The van der Waals surface area contributed by atoms with E-state index in [2.05, 4.69) is 12.1 Å². The summed E-state index contributed by atoms with van der Waals surface area (Å²) in [7, 11) is 0. The Bertz CT molecular complexity index is 917. The van der Waals surface area contributed by atoms with Crippen LogP contribution in [0.5, 0.6) is 0 Å². The molecule has 150 valence electrons. The molecule has 0 unspecified atom stereocenters. The van der Waals surface area contributed by atoms with E-state index in [-0.39, 0.29) is 0 Å². The first kappa shape index (κ1) is 20.5. The van der Waals surface area contributed by atoms with E-state index in [1.807, 2.05) is 106 Å². The number of hydrogen-bond donors (Lipinski definition) is 0. The summed E-state index contributed by atoms with van der Waals surface area (Å²) < 4.78 is 5.77. The third-order valence-electron chi connectivity index (χ3n) is 4.32. The third kappa shape index (κ3) is 5.61. The summed E-state index contributed by atoms with van der Waals surface area (Å²) >= 11 is 0. The van der Waals surface area contributed by atoms with Gasteiger partial charge in [-0.1, -0.05) is 66.2 Å². The van der Waals surface area contributed by atoms with Gasteiger partial charge in [-0.25, -0.2) is 4.79 Å². The molecular formula is C25H28N2O2. The maximum absolute atomic E-state index is 13.3. The number of rotatable bonds is 5. The molecule has 0 aliphatic heterocycles. The van der Waals surface area contributed by atoms with Gasteiger partial charge in [0.1, 0.15) is 5.60 Å². The van der Waals surface area contributed by atoms with E-state index in [0.29, 0.717) is 6.54 Å². The highest BCUT2D eigenvalue weighted by molar-refractivity contribution is 5.91. The number of hydrogen-bond acceptors (Lipinski definition) is 3. The zero-order valence-corrected chi connectivity index (χ0v) is 17.5. The minimum atomic E-state index is -0.602. The minimum absolute atomic E-state index is 0.416. The highest BCUT2D eigenvalue weighted by Crippen LogP contribution is 2.27. The molecule has 0 radical (unpaired) electrons. The van der Waals surface area contributed by atoms with Crippen LogP contribution in [0.15, 0.2) is 84.9 Å². The topological polar surface area (TPSA) is 32.8 Å². The van der Waals surface area contributed by atoms with Crippen molar-refractivity contribution in [2.24, 2.45) is 0 Å². The van der Waals surface area contributed by atoms with Crippen LogP contribution in [-0.4, -0.2) is 11.7 Å². The van der Waals surface area contributed by atoms with Crippen LogP contribution in [0, 0.1) is 6.92 Å². The summed E-state index contributed by atoms with van der Waals surface area (Å²) in [4.78, 5) is 13.3. The number of para-hydroxylation sites is 1. The van der Waals surface area contributed by atoms with Gasteiger partial charge in [0.15, 0.2) is 0 Å². The summed E-state index contributed by atoms with van der Waals surface area (Å²) in [5.41, 5.74) is 3.28. The van der Waals surface area contributed by atoms with Gasteiger partial charge in [-0.15, -0.1) is 0 Å². The number of benzene rings is 3. The molecule has 3 rings (SSSR count). The van der Waals surface area contributed by atoms with Gasteiger partial charge in [0.05, 0.1) is 17.9 Å². The second-order valence-electron chi connectivity index (χ2n) is 8.01. The fourth-order valence-corrected chi connectivity index (χ4v) is 2.97. The maximum Gasteiger partial charge on any atom is 0.434 e. The maximum atomic E-state index is 13.3. The van der Waals surface area contributed by atoms with Crippen molar-refractivity contribution < 1.29 is 9.53 Å². The molecule has 0 aliphatic carbocycles. The molecule has 0 N–H and O–H groups in total. The Hall–Kier alpha value is -3.27. The number of aryl methyl sites for hydroxylation is 1. The van der Waals surface area contributed by atoms with Gasteiger partial charge in [0.25, 0.3) is 0 Å². The summed E-state index contributed by atoms with van der Waals surface area (Å²) in [6.45, 7) is 8.19. The van der Waals surface area contributed by atoms with Gasteiger partial charge < -0.3 is 4.74 Å². The van der Waals surface area contributed by atoms with Crippen molar-refractivity contribution >= 4 is 17.5 Å². The second-order valence-corrected chi connectivity index (χ2v) is 8.01. The molecule has 0 aromatic heterocycles. The van der Waals surface area contributed by atoms with Crippen molar-refractivity contribution in [2.75, 3.05) is 10.0 Å². The van der Waals surface area contributed by atoms with E-state index >= 15 is 0 Å². The number of hydrazine groups is 1. The molecule has 0 saturated heterocycles. The molecule has 1 amide bonds. The van der Waals surface area contributed by atoms with Crippen LogP contribution in [0.1, 0.15) is 31.9 Å². The quantitative estimate of drug-likeness (QED) is 0.477. The predicted octanol–water partition coefficient (Wildman–Crippen LogP) is 6.36. The Kier molecular flexibility index (Phi) is 6.23. The summed E-state index contributed by atoms with van der Waals surface area (Å²) in [6, 6.07) is 27.9. The number of ether oxygens (including phenoxy) is 1. The molecular weight excluding hydrogens is 360 g/mol. The molecule has 29 heavy (non-hydrogen) atoms. The predicted molar refractivity (Wildman–Crippen MR) is 119 cm³/mol. The van der Waals surface area contributed by atoms with Crippen molar-refractivity contribution in [3.05, 3.63) is 96.1 Å². The monoisotopic (exact) mass is 388 g/mol. The van der Waals surface area contributed by atoms with Gasteiger partial charge >= 0.3 is 6.09 Å². The zero-order valence-electron chi connectivity index (χ0n) is 17.5. The lowest BCUT2D eigenvalue weighted by Gasteiger charge is -2.37. The van der Waals surface area contributed by atoms with Gasteiger partial charge in [0, 0.05) is 0 Å². The molecule has 3 aromatic carbocycles. The molecule has 0 saturated carbocycles. The van der Waals surface area contributed by atoms with Crippen molar-refractivity contribution in [3.63, 3.8) is 0 Å². The largest absolute Gasteiger partial charge is 0.442 e. The summed E-state index contributed by atoms with van der Waals surface area (Å²) in [5.74, 6) is 0. The number of nitrogens with zero attached hydrogens (tertiary/aromatic N) is 2. The van der Waals surface area contributed by atoms with E-state index < -0.39 is 11.7 Å². The lowest BCUT2D eigenvalue weighted by atomic mass is 10.2. The van der Waals surface area contributed by atoms with Crippen LogP contribution in [0.4, 0.5) is 16.2 Å². The normalized spacial score (nSPS) is 11.0. The lowest BCUT2D eigenvalue weighted by Crippen LogP contribution is -2.49. The molecule has 0 atom stereocenters. The van der Waals surface area contributed by atoms with Crippen LogP contribution in [-0.2, 0) is 11.3 Å². The highest BCUT2D eigenvalue weighted by Gasteiger charge is 2.29. The first-order valence-corrected chi connectivity index (χ1v) is 9.80. The Morgan fingerprint density at radius 1 is 0.793 bits per heavy atom. The Morgan fingerprint density at radius 2 is 1.34 bits per heavy atom. The Labute approximate surface area is 173 Å². The van der Waals surface area contributed by atoms with Crippen molar-refractivity contribution in [2.45, 2.75) is 39.8 Å². The molecule has 3 aromatic rings. The van der Waals surface area contributed by atoms with Gasteiger partial charge in [-0.05, 0) is 57.5 Å². The zero-order chi connectivity index (χ0) is 20.9. The van der Waals surface area contributed by atoms with E-state index in [1.54, 1.807) is 5.01 Å². The van der Waals surface area contributed by atoms with Crippen molar-refractivity contribution in [1.82, 2.24) is 0 Å². The first-order chi connectivity index (χ1) is 13.8. The average molecular weight is 389 g/mol. The van der Waals surface area contributed by atoms with E-state index in [1.165, 1.54) is 0 Å². The Morgan fingerprint density at radius 3 is 1.90 bits per heavy atom. The molecule has 4 nitrogen and oxygen atoms in total. The number of anilines is 2. The van der Waals surface area contributed by atoms with Crippen LogP contribution in [0.2, 0.25) is 0 Å². The van der Waals surface area contributed by atoms with Crippen LogP contribution < -0.4 is 10.0 Å². The van der Waals surface area contributed by atoms with Crippen LogP contribution in [0.3, 0.4) is 0 Å². The second kappa shape index (κ2) is 8.82. The molecule has 4 heteroatoms. The fourth-order valence-electron chi connectivity index (χ4n) is 2.97. The van der Waals surface area contributed by atoms with Gasteiger partial charge in [0.2, 0.25) is 0 Å². The highest BCUT2D eigenvalue weighted by atomic mass is 16.6. The molecule has 0 aliphatic rings. The van der Waals surface area contributed by atoms with E-state index in [9.17, 15) is 4.79 Å². The molecule has 0 bridgehead atoms. The standard InChI is InChI=1S/C25H28N2O2/c1-20-15-17-23(18-16-20)27(24(28)29-25(2,3)4)26(22-13-9-6-10-14-22)19-21-11-7-5-8-12-21/h5-18H,19H2,1-4H3. The molecule has 0 spiro atoms. The van der Waals surface area contributed by atoms with Gasteiger partial charge in [-0.2, -0.15) is 5.01 Å².